The normalized spacial score (nSPS) is 12.4. The van der Waals surface area contributed by atoms with Gasteiger partial charge in [0.1, 0.15) is 5.75 Å². The molecule has 0 aliphatic carbocycles. The second-order valence-electron chi connectivity index (χ2n) is 5.25. The Hall–Kier alpha value is -2.32. The maximum atomic E-state index is 10.3. The first kappa shape index (κ1) is 13.7. The van der Waals surface area contributed by atoms with E-state index in [1.54, 1.807) is 6.07 Å². The first-order chi connectivity index (χ1) is 10.3. The number of hydrogen-bond donors (Lipinski definition) is 2. The van der Waals surface area contributed by atoms with E-state index in [-0.39, 0.29) is 6.04 Å². The van der Waals surface area contributed by atoms with E-state index in [2.05, 4.69) is 29.6 Å². The lowest BCUT2D eigenvalue weighted by atomic mass is 9.93. The molecule has 106 valence electrons. The highest BCUT2D eigenvalue weighted by atomic mass is 16.3. The zero-order valence-corrected chi connectivity index (χ0v) is 12.1. The molecule has 3 aromatic carbocycles. The summed E-state index contributed by atoms with van der Waals surface area (Å²) in [5, 5.41) is 15.9. The molecular formula is C19H19NO. The Morgan fingerprint density at radius 3 is 2.38 bits per heavy atom. The van der Waals surface area contributed by atoms with E-state index in [0.29, 0.717) is 5.75 Å². The zero-order chi connectivity index (χ0) is 14.7. The molecule has 2 heteroatoms. The van der Waals surface area contributed by atoms with Crippen LogP contribution in [0.3, 0.4) is 0 Å². The largest absolute Gasteiger partial charge is 0.508 e. The molecule has 0 spiro atoms. The number of likely N-dealkylation sites (N-methyl/N-ethyl adjacent to an activating group) is 1. The summed E-state index contributed by atoms with van der Waals surface area (Å²) < 4.78 is 0. The molecule has 21 heavy (non-hydrogen) atoms. The number of rotatable bonds is 4. The van der Waals surface area contributed by atoms with E-state index >= 15 is 0 Å². The van der Waals surface area contributed by atoms with Crippen LogP contribution in [0.4, 0.5) is 0 Å². The summed E-state index contributed by atoms with van der Waals surface area (Å²) >= 11 is 0. The van der Waals surface area contributed by atoms with Crippen molar-refractivity contribution in [3.63, 3.8) is 0 Å². The molecule has 2 nitrogen and oxygen atoms in total. The lowest BCUT2D eigenvalue weighted by Gasteiger charge is -2.20. The Morgan fingerprint density at radius 1 is 0.905 bits per heavy atom. The molecule has 0 bridgehead atoms. The van der Waals surface area contributed by atoms with E-state index in [0.717, 1.165) is 22.8 Å². The third kappa shape index (κ3) is 2.76. The van der Waals surface area contributed by atoms with Gasteiger partial charge in [0.25, 0.3) is 0 Å². The quantitative estimate of drug-likeness (QED) is 0.754. The van der Waals surface area contributed by atoms with Gasteiger partial charge in [-0.3, -0.25) is 0 Å². The molecule has 0 aliphatic rings. The highest BCUT2D eigenvalue weighted by molar-refractivity contribution is 5.88. The van der Waals surface area contributed by atoms with Crippen molar-refractivity contribution in [3.8, 4) is 5.75 Å². The highest BCUT2D eigenvalue weighted by Crippen LogP contribution is 2.33. The van der Waals surface area contributed by atoms with Gasteiger partial charge in [-0.15, -0.1) is 0 Å². The molecule has 1 unspecified atom stereocenters. The predicted octanol–water partition coefficient (Wildman–Crippen LogP) is 4.05. The first-order valence-corrected chi connectivity index (χ1v) is 7.21. The number of benzene rings is 3. The van der Waals surface area contributed by atoms with Crippen molar-refractivity contribution >= 4 is 10.8 Å². The minimum Gasteiger partial charge on any atom is -0.508 e. The van der Waals surface area contributed by atoms with Gasteiger partial charge in [0.15, 0.2) is 0 Å². The van der Waals surface area contributed by atoms with Crippen LogP contribution >= 0.6 is 0 Å². The number of fused-ring (bicyclic) bond motifs is 1. The van der Waals surface area contributed by atoms with Gasteiger partial charge in [-0.05, 0) is 35.9 Å². The van der Waals surface area contributed by atoms with Crippen LogP contribution in [0.15, 0.2) is 66.7 Å². The molecule has 0 aliphatic heterocycles. The first-order valence-electron chi connectivity index (χ1n) is 7.21. The summed E-state index contributed by atoms with van der Waals surface area (Å²) in [5.41, 5.74) is 2.23. The fourth-order valence-corrected chi connectivity index (χ4v) is 2.85. The van der Waals surface area contributed by atoms with E-state index in [9.17, 15) is 5.11 Å². The maximum absolute atomic E-state index is 10.3. The molecule has 0 saturated carbocycles. The molecule has 3 aromatic rings. The lowest BCUT2D eigenvalue weighted by Crippen LogP contribution is -2.19. The molecule has 3 rings (SSSR count). The lowest BCUT2D eigenvalue weighted by molar-refractivity contribution is 0.454. The molecule has 0 saturated heterocycles. The van der Waals surface area contributed by atoms with Gasteiger partial charge in [-0.2, -0.15) is 0 Å². The van der Waals surface area contributed by atoms with Gasteiger partial charge in [-0.25, -0.2) is 0 Å². The predicted molar refractivity (Wildman–Crippen MR) is 87.6 cm³/mol. The van der Waals surface area contributed by atoms with Crippen LogP contribution < -0.4 is 5.32 Å². The van der Waals surface area contributed by atoms with Crippen LogP contribution in [0.2, 0.25) is 0 Å². The molecular weight excluding hydrogens is 258 g/mol. The van der Waals surface area contributed by atoms with E-state index in [1.165, 1.54) is 5.56 Å². The summed E-state index contributed by atoms with van der Waals surface area (Å²) in [6, 6.07) is 22.4. The fraction of sp³-hybridized carbons (Fsp3) is 0.158. The SMILES string of the molecule is CNC(Cc1ccccc1)c1c(O)ccc2ccccc12. The molecule has 0 heterocycles. The van der Waals surface area contributed by atoms with Crippen LogP contribution in [-0.2, 0) is 6.42 Å². The Labute approximate surface area is 125 Å². The summed E-state index contributed by atoms with van der Waals surface area (Å²) in [7, 11) is 1.94. The van der Waals surface area contributed by atoms with Crippen molar-refractivity contribution in [1.29, 1.82) is 0 Å². The van der Waals surface area contributed by atoms with Gasteiger partial charge in [0, 0.05) is 11.6 Å². The van der Waals surface area contributed by atoms with Gasteiger partial charge < -0.3 is 10.4 Å². The van der Waals surface area contributed by atoms with Crippen LogP contribution in [0, 0.1) is 0 Å². The molecule has 1 atom stereocenters. The summed E-state index contributed by atoms with van der Waals surface area (Å²) in [6.07, 6.45) is 0.846. The van der Waals surface area contributed by atoms with Crippen molar-refractivity contribution in [2.45, 2.75) is 12.5 Å². The van der Waals surface area contributed by atoms with Crippen molar-refractivity contribution < 1.29 is 5.11 Å². The Morgan fingerprint density at radius 2 is 1.62 bits per heavy atom. The third-order valence-electron chi connectivity index (χ3n) is 3.93. The highest BCUT2D eigenvalue weighted by Gasteiger charge is 2.17. The summed E-state index contributed by atoms with van der Waals surface area (Å²) in [5.74, 6) is 0.351. The number of aromatic hydroxyl groups is 1. The van der Waals surface area contributed by atoms with Crippen LogP contribution in [0.1, 0.15) is 17.2 Å². The molecule has 0 amide bonds. The molecule has 0 radical (unpaired) electrons. The van der Waals surface area contributed by atoms with Crippen molar-refractivity contribution in [2.75, 3.05) is 7.05 Å². The van der Waals surface area contributed by atoms with Gasteiger partial charge >= 0.3 is 0 Å². The average Bonchev–Trinajstić information content (AvgIpc) is 2.54. The smallest absolute Gasteiger partial charge is 0.121 e. The monoisotopic (exact) mass is 277 g/mol. The Balaban J connectivity index is 2.06. The van der Waals surface area contributed by atoms with E-state index in [1.807, 2.05) is 43.4 Å². The average molecular weight is 277 g/mol. The van der Waals surface area contributed by atoms with Crippen LogP contribution in [0.25, 0.3) is 10.8 Å². The minimum absolute atomic E-state index is 0.0819. The Kier molecular flexibility index (Phi) is 3.89. The summed E-state index contributed by atoms with van der Waals surface area (Å²) in [6.45, 7) is 0. The standard InChI is InChI=1S/C19H19NO/c1-20-17(13-14-7-3-2-4-8-14)19-16-10-6-5-9-15(16)11-12-18(19)21/h2-12,17,20-21H,13H2,1H3. The van der Waals surface area contributed by atoms with E-state index in [4.69, 9.17) is 0 Å². The van der Waals surface area contributed by atoms with Crippen LogP contribution in [-0.4, -0.2) is 12.2 Å². The zero-order valence-electron chi connectivity index (χ0n) is 12.1. The Bertz CT molecular complexity index is 737. The van der Waals surface area contributed by atoms with Gasteiger partial charge in [0.05, 0.1) is 0 Å². The topological polar surface area (TPSA) is 32.3 Å². The molecule has 2 N–H and O–H groups in total. The van der Waals surface area contributed by atoms with Gasteiger partial charge in [-0.1, -0.05) is 60.7 Å². The van der Waals surface area contributed by atoms with Crippen molar-refractivity contribution in [2.24, 2.45) is 0 Å². The second kappa shape index (κ2) is 5.98. The van der Waals surface area contributed by atoms with Crippen LogP contribution in [0.5, 0.6) is 5.75 Å². The molecule has 0 aromatic heterocycles. The van der Waals surface area contributed by atoms with E-state index < -0.39 is 0 Å². The van der Waals surface area contributed by atoms with Crippen molar-refractivity contribution in [1.82, 2.24) is 5.32 Å². The fourth-order valence-electron chi connectivity index (χ4n) is 2.85. The summed E-state index contributed by atoms with van der Waals surface area (Å²) in [4.78, 5) is 0. The number of phenolic OH excluding ortho intramolecular Hbond substituents is 1. The number of hydrogen-bond acceptors (Lipinski definition) is 2. The van der Waals surface area contributed by atoms with Gasteiger partial charge in [0.2, 0.25) is 0 Å². The van der Waals surface area contributed by atoms with Crippen molar-refractivity contribution in [3.05, 3.63) is 77.9 Å². The third-order valence-corrected chi connectivity index (χ3v) is 3.93. The minimum atomic E-state index is 0.0819. The maximum Gasteiger partial charge on any atom is 0.121 e. The molecule has 0 fully saturated rings. The number of nitrogens with one attached hydrogen (secondary N) is 1. The number of phenols is 1. The second-order valence-corrected chi connectivity index (χ2v) is 5.25.